The molecule has 100 valence electrons. The molecule has 0 spiro atoms. The summed E-state index contributed by atoms with van der Waals surface area (Å²) in [6.45, 7) is 0. The molecule has 0 heterocycles. The molecular weight excluding hydrogens is 284 g/mol. The van der Waals surface area contributed by atoms with Crippen molar-refractivity contribution in [3.63, 3.8) is 0 Å². The summed E-state index contributed by atoms with van der Waals surface area (Å²) < 4.78 is 52.8. The molecule has 1 unspecified atom stereocenters. The number of aliphatic hydroxyl groups excluding tert-OH is 1. The molecule has 0 aromatic heterocycles. The molecule has 0 aliphatic rings. The summed E-state index contributed by atoms with van der Waals surface area (Å²) in [5.41, 5.74) is -0.891. The Bertz CT molecular complexity index is 630. The zero-order valence-corrected chi connectivity index (χ0v) is 10.1. The molecule has 0 fully saturated rings. The van der Waals surface area contributed by atoms with E-state index in [1.54, 1.807) is 0 Å². The van der Waals surface area contributed by atoms with Gasteiger partial charge in [-0.1, -0.05) is 11.6 Å². The molecular formula is C13H7ClF4O. The summed E-state index contributed by atoms with van der Waals surface area (Å²) in [6, 6.07) is 4.08. The van der Waals surface area contributed by atoms with Crippen molar-refractivity contribution in [2.75, 3.05) is 0 Å². The molecule has 0 radical (unpaired) electrons. The van der Waals surface area contributed by atoms with Gasteiger partial charge in [0, 0.05) is 22.2 Å². The third kappa shape index (κ3) is 2.72. The maximum absolute atomic E-state index is 13.5. The van der Waals surface area contributed by atoms with Crippen molar-refractivity contribution < 1.29 is 22.7 Å². The van der Waals surface area contributed by atoms with Crippen LogP contribution in [0.5, 0.6) is 0 Å². The fourth-order valence-electron chi connectivity index (χ4n) is 1.64. The molecule has 19 heavy (non-hydrogen) atoms. The van der Waals surface area contributed by atoms with Crippen molar-refractivity contribution in [3.8, 4) is 0 Å². The number of hydrogen-bond acceptors (Lipinski definition) is 1. The van der Waals surface area contributed by atoms with E-state index in [1.807, 2.05) is 0 Å². The molecule has 1 nitrogen and oxygen atoms in total. The van der Waals surface area contributed by atoms with Gasteiger partial charge in [0.2, 0.25) is 0 Å². The molecule has 0 amide bonds. The lowest BCUT2D eigenvalue weighted by Crippen LogP contribution is -2.06. The van der Waals surface area contributed by atoms with Gasteiger partial charge in [-0.25, -0.2) is 17.6 Å². The standard InChI is InChI=1S/C13H7ClF4O/c14-6-1-2-9(15)7(3-6)13(19)8-4-11(17)12(18)5-10(8)16/h1-5,13,19H. The SMILES string of the molecule is OC(c1cc(Cl)ccc1F)c1cc(F)c(F)cc1F. The molecule has 1 N–H and O–H groups in total. The van der Waals surface area contributed by atoms with E-state index in [9.17, 15) is 22.7 Å². The first-order valence-electron chi connectivity index (χ1n) is 5.17. The molecule has 2 aromatic rings. The van der Waals surface area contributed by atoms with E-state index in [-0.39, 0.29) is 16.7 Å². The van der Waals surface area contributed by atoms with Crippen LogP contribution < -0.4 is 0 Å². The van der Waals surface area contributed by atoms with Crippen LogP contribution in [0, 0.1) is 23.3 Å². The highest BCUT2D eigenvalue weighted by Crippen LogP contribution is 2.29. The predicted molar refractivity (Wildman–Crippen MR) is 61.8 cm³/mol. The van der Waals surface area contributed by atoms with E-state index in [1.165, 1.54) is 6.07 Å². The Morgan fingerprint density at radius 2 is 1.37 bits per heavy atom. The van der Waals surface area contributed by atoms with E-state index < -0.39 is 34.9 Å². The molecule has 1 atom stereocenters. The molecule has 0 bridgehead atoms. The highest BCUT2D eigenvalue weighted by molar-refractivity contribution is 6.30. The van der Waals surface area contributed by atoms with Gasteiger partial charge in [-0.3, -0.25) is 0 Å². The molecule has 0 aliphatic heterocycles. The Balaban J connectivity index is 2.52. The third-order valence-corrected chi connectivity index (χ3v) is 2.82. The van der Waals surface area contributed by atoms with Crippen LogP contribution in [0.15, 0.2) is 30.3 Å². The average Bonchev–Trinajstić information content (AvgIpc) is 2.36. The van der Waals surface area contributed by atoms with E-state index in [0.29, 0.717) is 6.07 Å². The fraction of sp³-hybridized carbons (Fsp3) is 0.0769. The van der Waals surface area contributed by atoms with Crippen molar-refractivity contribution in [3.05, 3.63) is 69.8 Å². The van der Waals surface area contributed by atoms with E-state index in [4.69, 9.17) is 11.6 Å². The number of halogens is 5. The van der Waals surface area contributed by atoms with Gasteiger partial charge in [0.15, 0.2) is 11.6 Å². The highest BCUT2D eigenvalue weighted by atomic mass is 35.5. The molecule has 0 aliphatic carbocycles. The quantitative estimate of drug-likeness (QED) is 0.655. The second-order valence-corrected chi connectivity index (χ2v) is 4.29. The first-order valence-corrected chi connectivity index (χ1v) is 5.55. The van der Waals surface area contributed by atoms with Crippen LogP contribution in [0.2, 0.25) is 5.02 Å². The van der Waals surface area contributed by atoms with Crippen LogP contribution in [0.4, 0.5) is 17.6 Å². The second-order valence-electron chi connectivity index (χ2n) is 3.86. The minimum absolute atomic E-state index is 0.124. The Morgan fingerprint density at radius 3 is 2.05 bits per heavy atom. The molecule has 0 saturated carbocycles. The summed E-state index contributed by atoms with van der Waals surface area (Å²) in [5.74, 6) is -4.73. The maximum atomic E-state index is 13.5. The Kier molecular flexibility index (Phi) is 3.78. The maximum Gasteiger partial charge on any atom is 0.161 e. The first-order chi connectivity index (χ1) is 8.90. The Morgan fingerprint density at radius 1 is 0.789 bits per heavy atom. The van der Waals surface area contributed by atoms with Crippen LogP contribution in [0.3, 0.4) is 0 Å². The summed E-state index contributed by atoms with van der Waals surface area (Å²) in [5, 5.41) is 9.99. The number of benzene rings is 2. The van der Waals surface area contributed by atoms with Gasteiger partial charge in [0.05, 0.1) is 0 Å². The van der Waals surface area contributed by atoms with Gasteiger partial charge in [-0.15, -0.1) is 0 Å². The highest BCUT2D eigenvalue weighted by Gasteiger charge is 2.21. The van der Waals surface area contributed by atoms with Crippen molar-refractivity contribution in [2.45, 2.75) is 6.10 Å². The third-order valence-electron chi connectivity index (χ3n) is 2.59. The zero-order valence-electron chi connectivity index (χ0n) is 9.30. The normalized spacial score (nSPS) is 12.5. The fourth-order valence-corrected chi connectivity index (χ4v) is 1.82. The van der Waals surface area contributed by atoms with Crippen LogP contribution in [-0.2, 0) is 0 Å². The first kappa shape index (κ1) is 13.8. The predicted octanol–water partition coefficient (Wildman–Crippen LogP) is 3.98. The van der Waals surface area contributed by atoms with Crippen molar-refractivity contribution >= 4 is 11.6 Å². The van der Waals surface area contributed by atoms with Gasteiger partial charge >= 0.3 is 0 Å². The lowest BCUT2D eigenvalue weighted by Gasteiger charge is -2.14. The largest absolute Gasteiger partial charge is 0.383 e. The Labute approximate surface area is 111 Å². The van der Waals surface area contributed by atoms with E-state index >= 15 is 0 Å². The second kappa shape index (κ2) is 5.19. The molecule has 2 rings (SSSR count). The van der Waals surface area contributed by atoms with Crippen LogP contribution in [0.25, 0.3) is 0 Å². The van der Waals surface area contributed by atoms with E-state index in [2.05, 4.69) is 0 Å². The van der Waals surface area contributed by atoms with Crippen LogP contribution in [0.1, 0.15) is 17.2 Å². The van der Waals surface area contributed by atoms with Gasteiger partial charge < -0.3 is 5.11 Å². The van der Waals surface area contributed by atoms with Crippen molar-refractivity contribution in [1.82, 2.24) is 0 Å². The lowest BCUT2D eigenvalue weighted by molar-refractivity contribution is 0.208. The average molecular weight is 291 g/mol. The number of hydrogen-bond donors (Lipinski definition) is 1. The van der Waals surface area contributed by atoms with Gasteiger partial charge in [-0.2, -0.15) is 0 Å². The summed E-state index contributed by atoms with van der Waals surface area (Å²) >= 11 is 5.64. The van der Waals surface area contributed by atoms with Gasteiger partial charge in [0.1, 0.15) is 17.7 Å². The minimum atomic E-state index is -1.78. The molecule has 0 saturated heterocycles. The molecule has 6 heteroatoms. The monoisotopic (exact) mass is 290 g/mol. The van der Waals surface area contributed by atoms with Crippen molar-refractivity contribution in [2.24, 2.45) is 0 Å². The smallest absolute Gasteiger partial charge is 0.161 e. The number of aliphatic hydroxyl groups is 1. The lowest BCUT2D eigenvalue weighted by atomic mass is 10.0. The summed E-state index contributed by atoms with van der Waals surface area (Å²) in [6.07, 6.45) is -1.78. The molecule has 2 aromatic carbocycles. The minimum Gasteiger partial charge on any atom is -0.383 e. The van der Waals surface area contributed by atoms with Gasteiger partial charge in [0.25, 0.3) is 0 Å². The zero-order chi connectivity index (χ0) is 14.2. The number of rotatable bonds is 2. The van der Waals surface area contributed by atoms with Crippen molar-refractivity contribution in [1.29, 1.82) is 0 Å². The van der Waals surface area contributed by atoms with Crippen LogP contribution >= 0.6 is 11.6 Å². The summed E-state index contributed by atoms with van der Waals surface area (Å²) in [4.78, 5) is 0. The Hall–Kier alpha value is -1.59. The van der Waals surface area contributed by atoms with Crippen LogP contribution in [-0.4, -0.2) is 5.11 Å². The summed E-state index contributed by atoms with van der Waals surface area (Å²) in [7, 11) is 0. The topological polar surface area (TPSA) is 20.2 Å². The van der Waals surface area contributed by atoms with Gasteiger partial charge in [-0.05, 0) is 24.3 Å². The van der Waals surface area contributed by atoms with E-state index in [0.717, 1.165) is 12.1 Å².